The first-order chi connectivity index (χ1) is 12.6. The summed E-state index contributed by atoms with van der Waals surface area (Å²) in [6, 6.07) is 10.7. The van der Waals surface area contributed by atoms with Gasteiger partial charge in [0.05, 0.1) is 35.2 Å². The molecule has 0 aliphatic carbocycles. The number of hydrogen-bond acceptors (Lipinski definition) is 6. The largest absolute Gasteiger partial charge is 0.495 e. The molecule has 9 nitrogen and oxygen atoms in total. The number of rotatable bonds is 7. The van der Waals surface area contributed by atoms with Gasteiger partial charge in [0.25, 0.3) is 5.69 Å². The normalized spacial score (nSPS) is 10.9. The molecule has 144 valence electrons. The molecule has 10 heteroatoms. The zero-order valence-electron chi connectivity index (χ0n) is 15.0. The number of ether oxygens (including phenoxy) is 1. The van der Waals surface area contributed by atoms with E-state index in [0.717, 1.165) is 10.6 Å². The van der Waals surface area contributed by atoms with Gasteiger partial charge in [-0.25, -0.2) is 8.42 Å². The number of nitrogens with one attached hydrogen (secondary N) is 1. The Kier molecular flexibility index (Phi) is 6.01. The van der Waals surface area contributed by atoms with Crippen LogP contribution in [0.2, 0.25) is 0 Å². The van der Waals surface area contributed by atoms with Crippen LogP contribution in [0.4, 0.5) is 17.1 Å². The number of nitro groups is 1. The van der Waals surface area contributed by atoms with Gasteiger partial charge < -0.3 is 10.1 Å². The summed E-state index contributed by atoms with van der Waals surface area (Å²) in [5, 5.41) is 13.5. The predicted octanol–water partition coefficient (Wildman–Crippen LogP) is 2.32. The van der Waals surface area contributed by atoms with Crippen molar-refractivity contribution in [2.45, 2.75) is 6.92 Å². The van der Waals surface area contributed by atoms with Gasteiger partial charge in [-0.3, -0.25) is 19.2 Å². The van der Waals surface area contributed by atoms with Crippen molar-refractivity contribution in [2.24, 2.45) is 0 Å². The Hall–Kier alpha value is -3.14. The second kappa shape index (κ2) is 8.04. The smallest absolute Gasteiger partial charge is 0.274 e. The standard InChI is InChI=1S/C17H19N3O6S/c1-12-13(7-6-9-14(12)20(22)23)18-17(21)11-19(27(3,24)25)15-8-4-5-10-16(15)26-2/h4-10H,11H2,1-3H3,(H,18,21). The highest BCUT2D eigenvalue weighted by Gasteiger charge is 2.24. The number of sulfonamides is 1. The van der Waals surface area contributed by atoms with Gasteiger partial charge in [0, 0.05) is 6.07 Å². The van der Waals surface area contributed by atoms with Crippen molar-refractivity contribution in [1.82, 2.24) is 0 Å². The van der Waals surface area contributed by atoms with E-state index in [1.807, 2.05) is 0 Å². The summed E-state index contributed by atoms with van der Waals surface area (Å²) >= 11 is 0. The molecule has 0 radical (unpaired) electrons. The lowest BCUT2D eigenvalue weighted by Gasteiger charge is -2.23. The Morgan fingerprint density at radius 2 is 1.89 bits per heavy atom. The first-order valence-corrected chi connectivity index (χ1v) is 9.64. The Morgan fingerprint density at radius 3 is 2.48 bits per heavy atom. The van der Waals surface area contributed by atoms with Gasteiger partial charge in [-0.1, -0.05) is 18.2 Å². The number of nitro benzene ring substituents is 1. The third kappa shape index (κ3) is 4.73. The Balaban J connectivity index is 2.31. The summed E-state index contributed by atoms with van der Waals surface area (Å²) in [5.41, 5.74) is 0.590. The molecule has 0 spiro atoms. The number of hydrogen-bond donors (Lipinski definition) is 1. The summed E-state index contributed by atoms with van der Waals surface area (Å²) in [6.45, 7) is 0.990. The Labute approximate surface area is 156 Å². The number of methoxy groups -OCH3 is 1. The van der Waals surface area contributed by atoms with Crippen LogP contribution in [-0.4, -0.2) is 39.2 Å². The molecule has 0 atom stereocenters. The van der Waals surface area contributed by atoms with Crippen molar-refractivity contribution >= 4 is 33.0 Å². The third-order valence-corrected chi connectivity index (χ3v) is 4.94. The highest BCUT2D eigenvalue weighted by molar-refractivity contribution is 7.92. The second-order valence-corrected chi connectivity index (χ2v) is 7.60. The average Bonchev–Trinajstić information content (AvgIpc) is 2.60. The van der Waals surface area contributed by atoms with E-state index < -0.39 is 27.4 Å². The molecule has 0 saturated heterocycles. The maximum absolute atomic E-state index is 12.4. The van der Waals surface area contributed by atoms with E-state index in [4.69, 9.17) is 4.74 Å². The molecule has 0 aliphatic rings. The SMILES string of the molecule is COc1ccccc1N(CC(=O)Nc1cccc([N+](=O)[O-])c1C)S(C)(=O)=O. The zero-order chi connectivity index (χ0) is 20.2. The van der Waals surface area contributed by atoms with E-state index >= 15 is 0 Å². The van der Waals surface area contributed by atoms with Crippen molar-refractivity contribution in [3.8, 4) is 5.75 Å². The molecule has 0 fully saturated rings. The van der Waals surface area contributed by atoms with Crippen LogP contribution in [0, 0.1) is 17.0 Å². The van der Waals surface area contributed by atoms with Crippen molar-refractivity contribution in [1.29, 1.82) is 0 Å². The third-order valence-electron chi connectivity index (χ3n) is 3.82. The molecule has 27 heavy (non-hydrogen) atoms. The molecule has 1 amide bonds. The van der Waals surface area contributed by atoms with Crippen molar-refractivity contribution < 1.29 is 22.9 Å². The van der Waals surface area contributed by atoms with E-state index in [1.165, 1.54) is 38.3 Å². The summed E-state index contributed by atoms with van der Waals surface area (Å²) in [4.78, 5) is 22.9. The molecular formula is C17H19N3O6S. The number of carbonyl (C=O) groups is 1. The van der Waals surface area contributed by atoms with Crippen LogP contribution in [-0.2, 0) is 14.8 Å². The van der Waals surface area contributed by atoms with Crippen LogP contribution < -0.4 is 14.4 Å². The lowest BCUT2D eigenvalue weighted by atomic mass is 10.1. The van der Waals surface area contributed by atoms with E-state index in [9.17, 15) is 23.3 Å². The Morgan fingerprint density at radius 1 is 1.22 bits per heavy atom. The highest BCUT2D eigenvalue weighted by Crippen LogP contribution is 2.30. The molecule has 0 unspecified atom stereocenters. The lowest BCUT2D eigenvalue weighted by Crippen LogP contribution is -2.37. The number of nitrogens with zero attached hydrogens (tertiary/aromatic N) is 2. The topological polar surface area (TPSA) is 119 Å². The molecule has 0 aromatic heterocycles. The number of benzene rings is 2. The quantitative estimate of drug-likeness (QED) is 0.569. The summed E-state index contributed by atoms with van der Waals surface area (Å²) in [5.74, 6) is -0.350. The first kappa shape index (κ1) is 20.2. The summed E-state index contributed by atoms with van der Waals surface area (Å²) in [6.07, 6.45) is 0.978. The minimum atomic E-state index is -3.79. The summed E-state index contributed by atoms with van der Waals surface area (Å²) < 4.78 is 30.5. The maximum atomic E-state index is 12.4. The first-order valence-electron chi connectivity index (χ1n) is 7.79. The minimum absolute atomic E-state index is 0.141. The van der Waals surface area contributed by atoms with Crippen LogP contribution in [0.5, 0.6) is 5.75 Å². The summed E-state index contributed by atoms with van der Waals surface area (Å²) in [7, 11) is -2.39. The fourth-order valence-corrected chi connectivity index (χ4v) is 3.35. The highest BCUT2D eigenvalue weighted by atomic mass is 32.2. The molecular weight excluding hydrogens is 374 g/mol. The lowest BCUT2D eigenvalue weighted by molar-refractivity contribution is -0.385. The average molecular weight is 393 g/mol. The number of amides is 1. The van der Waals surface area contributed by atoms with Gasteiger partial charge in [-0.2, -0.15) is 0 Å². The van der Waals surface area contributed by atoms with Crippen LogP contribution in [0.3, 0.4) is 0 Å². The van der Waals surface area contributed by atoms with E-state index in [1.54, 1.807) is 18.2 Å². The van der Waals surface area contributed by atoms with E-state index in [2.05, 4.69) is 5.32 Å². The number of para-hydroxylation sites is 2. The van der Waals surface area contributed by atoms with Crippen LogP contribution in [0.25, 0.3) is 0 Å². The molecule has 0 bridgehead atoms. The van der Waals surface area contributed by atoms with Crippen LogP contribution in [0.1, 0.15) is 5.56 Å². The van der Waals surface area contributed by atoms with Crippen molar-refractivity contribution in [3.05, 3.63) is 58.1 Å². The number of anilines is 2. The molecule has 2 rings (SSSR count). The van der Waals surface area contributed by atoms with Gasteiger partial charge in [0.2, 0.25) is 15.9 Å². The van der Waals surface area contributed by atoms with Crippen LogP contribution >= 0.6 is 0 Å². The van der Waals surface area contributed by atoms with Crippen molar-refractivity contribution in [2.75, 3.05) is 29.5 Å². The van der Waals surface area contributed by atoms with Gasteiger partial charge >= 0.3 is 0 Å². The molecule has 1 N–H and O–H groups in total. The van der Waals surface area contributed by atoms with E-state index in [-0.39, 0.29) is 22.6 Å². The van der Waals surface area contributed by atoms with Gasteiger partial charge in [0.1, 0.15) is 12.3 Å². The molecule has 2 aromatic carbocycles. The fourth-order valence-electron chi connectivity index (χ4n) is 2.49. The fraction of sp³-hybridized carbons (Fsp3) is 0.235. The number of carbonyl (C=O) groups excluding carboxylic acids is 1. The van der Waals surface area contributed by atoms with Gasteiger partial charge in [0.15, 0.2) is 0 Å². The Bertz CT molecular complexity index is 974. The van der Waals surface area contributed by atoms with Crippen LogP contribution in [0.15, 0.2) is 42.5 Å². The second-order valence-electron chi connectivity index (χ2n) is 5.70. The minimum Gasteiger partial charge on any atom is -0.495 e. The molecule has 0 aliphatic heterocycles. The molecule has 0 heterocycles. The zero-order valence-corrected chi connectivity index (χ0v) is 15.8. The van der Waals surface area contributed by atoms with Crippen molar-refractivity contribution in [3.63, 3.8) is 0 Å². The predicted molar refractivity (Wildman–Crippen MR) is 102 cm³/mol. The van der Waals surface area contributed by atoms with Gasteiger partial charge in [-0.15, -0.1) is 0 Å². The maximum Gasteiger partial charge on any atom is 0.274 e. The van der Waals surface area contributed by atoms with E-state index in [0.29, 0.717) is 5.75 Å². The molecule has 0 saturated carbocycles. The monoisotopic (exact) mass is 393 g/mol. The van der Waals surface area contributed by atoms with Gasteiger partial charge in [-0.05, 0) is 25.1 Å². The molecule has 2 aromatic rings.